The summed E-state index contributed by atoms with van der Waals surface area (Å²) in [6, 6.07) is 2.90. The van der Waals surface area contributed by atoms with Gasteiger partial charge in [0.15, 0.2) is 16.8 Å². The van der Waals surface area contributed by atoms with Gasteiger partial charge in [-0.25, -0.2) is 13.8 Å². The van der Waals surface area contributed by atoms with Crippen LogP contribution in [-0.2, 0) is 21.3 Å². The molecule has 0 radical (unpaired) electrons. The number of nitrogens with one attached hydrogen (secondary N) is 1. The molecule has 154 valence electrons. The quantitative estimate of drug-likeness (QED) is 0.681. The fourth-order valence-electron chi connectivity index (χ4n) is 3.35. The molecule has 7 nitrogen and oxygen atoms in total. The molecule has 1 atom stereocenters. The molecular weight excluding hydrogens is 402 g/mol. The van der Waals surface area contributed by atoms with Crippen molar-refractivity contribution in [1.82, 2.24) is 15.0 Å². The lowest BCUT2D eigenvalue weighted by Gasteiger charge is -2.29. The number of halogens is 2. The second-order valence-electron chi connectivity index (χ2n) is 6.63. The summed E-state index contributed by atoms with van der Waals surface area (Å²) in [5.74, 6) is -0.747. The van der Waals surface area contributed by atoms with Gasteiger partial charge in [-0.1, -0.05) is 0 Å². The molecule has 29 heavy (non-hydrogen) atoms. The average molecular weight is 422 g/mol. The smallest absolute Gasteiger partial charge is 0.197 e. The van der Waals surface area contributed by atoms with Gasteiger partial charge < -0.3 is 19.4 Å². The minimum Gasteiger partial charge on any atom is -0.496 e. The van der Waals surface area contributed by atoms with Crippen molar-refractivity contribution in [3.8, 4) is 5.75 Å². The van der Waals surface area contributed by atoms with E-state index in [-0.39, 0.29) is 27.6 Å². The Morgan fingerprint density at radius 2 is 2.10 bits per heavy atom. The zero-order chi connectivity index (χ0) is 20.5. The molecule has 0 aliphatic carbocycles. The summed E-state index contributed by atoms with van der Waals surface area (Å²) in [6.45, 7) is 3.41. The molecule has 1 fully saturated rings. The Labute approximate surface area is 168 Å². The van der Waals surface area contributed by atoms with Crippen LogP contribution in [-0.4, -0.2) is 52.6 Å². The number of imidazole rings is 1. The number of morpholine rings is 1. The molecule has 0 saturated carbocycles. The number of hydrogen-bond acceptors (Lipinski definition) is 6. The maximum absolute atomic E-state index is 15.0. The van der Waals surface area contributed by atoms with Gasteiger partial charge in [-0.2, -0.15) is 0 Å². The standard InChI is InChI=1S/C19H20F2N4O3S/c1-11-14(22-4-3-15(11)27-2)10-29(26)19-23-13-9-12(20)18(16(21)17(13)24-19)25-5-7-28-8-6-25/h3-4,9H,5-8,10H2,1-2H3,(H,23,24). The van der Waals surface area contributed by atoms with Gasteiger partial charge in [-0.3, -0.25) is 9.19 Å². The van der Waals surface area contributed by atoms with Crippen molar-refractivity contribution in [1.29, 1.82) is 0 Å². The van der Waals surface area contributed by atoms with E-state index >= 15 is 4.39 Å². The van der Waals surface area contributed by atoms with Crippen LogP contribution in [0, 0.1) is 18.6 Å². The number of fused-ring (bicyclic) bond motifs is 1. The number of benzene rings is 1. The third-order valence-electron chi connectivity index (χ3n) is 4.91. The number of nitrogens with zero attached hydrogens (tertiary/aromatic N) is 3. The Morgan fingerprint density at radius 3 is 2.83 bits per heavy atom. The van der Waals surface area contributed by atoms with Crippen LogP contribution in [0.2, 0.25) is 0 Å². The molecule has 1 aliphatic heterocycles. The summed E-state index contributed by atoms with van der Waals surface area (Å²) >= 11 is 0. The van der Waals surface area contributed by atoms with E-state index in [1.165, 1.54) is 6.07 Å². The number of aromatic nitrogens is 3. The Bertz CT molecular complexity index is 1080. The molecule has 1 saturated heterocycles. The zero-order valence-corrected chi connectivity index (χ0v) is 16.8. The number of hydrogen-bond donors (Lipinski definition) is 1. The Kier molecular flexibility index (Phi) is 5.46. The molecule has 2 aromatic heterocycles. The predicted molar refractivity (Wildman–Crippen MR) is 105 cm³/mol. The number of H-pyrrole nitrogens is 1. The minimum atomic E-state index is -1.62. The molecule has 1 N–H and O–H groups in total. The van der Waals surface area contributed by atoms with Gasteiger partial charge in [0.1, 0.15) is 17.0 Å². The molecule has 3 aromatic rings. The number of ether oxygens (including phenoxy) is 2. The number of rotatable bonds is 5. The monoisotopic (exact) mass is 422 g/mol. The van der Waals surface area contributed by atoms with E-state index in [0.29, 0.717) is 37.7 Å². The maximum atomic E-state index is 15.0. The second kappa shape index (κ2) is 8.03. The highest BCUT2D eigenvalue weighted by Crippen LogP contribution is 2.31. The summed E-state index contributed by atoms with van der Waals surface area (Å²) in [7, 11) is -0.0739. The molecule has 1 aromatic carbocycles. The van der Waals surface area contributed by atoms with Gasteiger partial charge in [0.2, 0.25) is 0 Å². The molecule has 0 spiro atoms. The normalized spacial score (nSPS) is 15.7. The Balaban J connectivity index is 1.67. The van der Waals surface area contributed by atoms with Gasteiger partial charge in [0.25, 0.3) is 0 Å². The summed E-state index contributed by atoms with van der Waals surface area (Å²) in [4.78, 5) is 12.8. The zero-order valence-electron chi connectivity index (χ0n) is 16.0. The highest BCUT2D eigenvalue weighted by atomic mass is 32.2. The van der Waals surface area contributed by atoms with E-state index < -0.39 is 22.4 Å². The van der Waals surface area contributed by atoms with Crippen LogP contribution in [0.1, 0.15) is 11.3 Å². The maximum Gasteiger partial charge on any atom is 0.197 e. The van der Waals surface area contributed by atoms with Crippen molar-refractivity contribution >= 4 is 27.5 Å². The lowest BCUT2D eigenvalue weighted by atomic mass is 10.2. The number of aromatic amines is 1. The van der Waals surface area contributed by atoms with Gasteiger partial charge >= 0.3 is 0 Å². The van der Waals surface area contributed by atoms with Crippen LogP contribution in [0.5, 0.6) is 5.75 Å². The van der Waals surface area contributed by atoms with Crippen LogP contribution in [0.3, 0.4) is 0 Å². The fourth-order valence-corrected chi connectivity index (χ4v) is 4.44. The van der Waals surface area contributed by atoms with Gasteiger partial charge in [0, 0.05) is 30.9 Å². The van der Waals surface area contributed by atoms with Crippen molar-refractivity contribution in [3.05, 3.63) is 41.2 Å². The second-order valence-corrected chi connectivity index (χ2v) is 8.00. The summed E-state index contributed by atoms with van der Waals surface area (Å²) in [6.07, 6.45) is 1.57. The summed E-state index contributed by atoms with van der Waals surface area (Å²) in [5.41, 5.74) is 1.35. The molecule has 1 aliphatic rings. The molecule has 1 unspecified atom stereocenters. The first-order valence-electron chi connectivity index (χ1n) is 9.07. The highest BCUT2D eigenvalue weighted by Gasteiger charge is 2.24. The van der Waals surface area contributed by atoms with Crippen LogP contribution in [0.15, 0.2) is 23.5 Å². The first-order chi connectivity index (χ1) is 14.0. The first kappa shape index (κ1) is 19.7. The SMILES string of the molecule is COc1ccnc(CS(=O)c2nc3c(F)c(N4CCOCC4)c(F)cc3[nH]2)c1C. The molecule has 3 heterocycles. The fraction of sp³-hybridized carbons (Fsp3) is 0.368. The van der Waals surface area contributed by atoms with E-state index in [1.54, 1.807) is 24.3 Å². The summed E-state index contributed by atoms with van der Waals surface area (Å²) in [5, 5.41) is 0.0708. The van der Waals surface area contributed by atoms with Crippen molar-refractivity contribution in [3.63, 3.8) is 0 Å². The van der Waals surface area contributed by atoms with E-state index in [1.807, 2.05) is 6.92 Å². The van der Waals surface area contributed by atoms with Crippen LogP contribution < -0.4 is 9.64 Å². The number of anilines is 1. The van der Waals surface area contributed by atoms with Crippen molar-refractivity contribution in [2.24, 2.45) is 0 Å². The third-order valence-corrected chi connectivity index (χ3v) is 6.07. The summed E-state index contributed by atoms with van der Waals surface area (Å²) < 4.78 is 52.9. The lowest BCUT2D eigenvalue weighted by molar-refractivity contribution is 0.122. The first-order valence-corrected chi connectivity index (χ1v) is 10.4. The van der Waals surface area contributed by atoms with E-state index in [9.17, 15) is 8.60 Å². The molecule has 0 amide bonds. The Hall–Kier alpha value is -2.59. The highest BCUT2D eigenvalue weighted by molar-refractivity contribution is 7.84. The largest absolute Gasteiger partial charge is 0.496 e. The average Bonchev–Trinajstić information content (AvgIpc) is 3.15. The van der Waals surface area contributed by atoms with Crippen molar-refractivity contribution < 1.29 is 22.5 Å². The predicted octanol–water partition coefficient (Wildman–Crippen LogP) is 2.70. The van der Waals surface area contributed by atoms with E-state index in [4.69, 9.17) is 9.47 Å². The lowest BCUT2D eigenvalue weighted by Crippen LogP contribution is -2.37. The van der Waals surface area contributed by atoms with E-state index in [0.717, 1.165) is 5.56 Å². The number of pyridine rings is 1. The molecule has 4 rings (SSSR count). The van der Waals surface area contributed by atoms with Crippen LogP contribution in [0.4, 0.5) is 14.5 Å². The molecular formula is C19H20F2N4O3S. The van der Waals surface area contributed by atoms with Gasteiger partial charge in [-0.05, 0) is 13.0 Å². The van der Waals surface area contributed by atoms with Gasteiger partial charge in [-0.15, -0.1) is 0 Å². The number of methoxy groups -OCH3 is 1. The minimum absolute atomic E-state index is 0.0356. The van der Waals surface area contributed by atoms with Crippen LogP contribution >= 0.6 is 0 Å². The van der Waals surface area contributed by atoms with Gasteiger partial charge in [0.05, 0.1) is 48.1 Å². The van der Waals surface area contributed by atoms with Crippen molar-refractivity contribution in [2.75, 3.05) is 38.3 Å². The third kappa shape index (κ3) is 3.69. The molecule has 0 bridgehead atoms. The van der Waals surface area contributed by atoms with Crippen molar-refractivity contribution in [2.45, 2.75) is 17.8 Å². The van der Waals surface area contributed by atoms with Crippen LogP contribution in [0.25, 0.3) is 11.0 Å². The van der Waals surface area contributed by atoms with E-state index in [2.05, 4.69) is 15.0 Å². The topological polar surface area (TPSA) is 80.3 Å². The molecule has 10 heteroatoms. The Morgan fingerprint density at radius 1 is 1.34 bits per heavy atom.